The van der Waals surface area contributed by atoms with Crippen molar-refractivity contribution >= 4 is 17.5 Å². The highest BCUT2D eigenvalue weighted by atomic mass is 19.2. The number of hydrogen-bond acceptors (Lipinski definition) is 3. The standard InChI is InChI=1S/C17H14F2N2O2/c18-12-4-3-10(6-13(12)19)21-16-15-9-2-1-8(5-9)14(15)11(7-20-16)17(22)23/h3-4,6-9H,1-2,5H2,(H,20,21)(H,22,23). The molecule has 6 heteroatoms. The second-order valence-corrected chi connectivity index (χ2v) is 6.11. The van der Waals surface area contributed by atoms with Crippen molar-refractivity contribution in [3.8, 4) is 0 Å². The molecular weight excluding hydrogens is 302 g/mol. The van der Waals surface area contributed by atoms with Crippen LogP contribution < -0.4 is 5.32 Å². The molecule has 2 atom stereocenters. The second-order valence-electron chi connectivity index (χ2n) is 6.11. The third kappa shape index (κ3) is 2.17. The van der Waals surface area contributed by atoms with Crippen LogP contribution >= 0.6 is 0 Å². The normalized spacial score (nSPS) is 21.3. The molecule has 0 aliphatic heterocycles. The van der Waals surface area contributed by atoms with E-state index in [9.17, 15) is 18.7 Å². The number of halogens is 2. The Balaban J connectivity index is 1.78. The Kier molecular flexibility index (Phi) is 3.07. The minimum Gasteiger partial charge on any atom is -0.478 e. The lowest BCUT2D eigenvalue weighted by atomic mass is 9.89. The quantitative estimate of drug-likeness (QED) is 0.892. The molecule has 1 fully saturated rings. The Morgan fingerprint density at radius 1 is 1.17 bits per heavy atom. The van der Waals surface area contributed by atoms with Crippen LogP contribution in [0.4, 0.5) is 20.3 Å². The van der Waals surface area contributed by atoms with Gasteiger partial charge in [-0.25, -0.2) is 18.6 Å². The largest absolute Gasteiger partial charge is 0.478 e. The number of nitrogens with one attached hydrogen (secondary N) is 1. The van der Waals surface area contributed by atoms with Gasteiger partial charge in [0.2, 0.25) is 0 Å². The Bertz CT molecular complexity index is 822. The maximum absolute atomic E-state index is 13.4. The first kappa shape index (κ1) is 14.1. The number of carbonyl (C=O) groups is 1. The fourth-order valence-corrected chi connectivity index (χ4v) is 3.88. The zero-order chi connectivity index (χ0) is 16.1. The van der Waals surface area contributed by atoms with E-state index in [1.54, 1.807) is 0 Å². The van der Waals surface area contributed by atoms with E-state index in [0.29, 0.717) is 11.5 Å². The van der Waals surface area contributed by atoms with Crippen molar-refractivity contribution < 1.29 is 18.7 Å². The fourth-order valence-electron chi connectivity index (χ4n) is 3.88. The zero-order valence-electron chi connectivity index (χ0n) is 12.1. The van der Waals surface area contributed by atoms with Gasteiger partial charge in [-0.3, -0.25) is 0 Å². The molecule has 1 saturated carbocycles. The van der Waals surface area contributed by atoms with Gasteiger partial charge in [-0.1, -0.05) is 0 Å². The Labute approximate surface area is 131 Å². The molecule has 0 amide bonds. The number of carboxylic acids is 1. The highest BCUT2D eigenvalue weighted by molar-refractivity contribution is 5.91. The zero-order valence-corrected chi connectivity index (χ0v) is 12.1. The molecule has 0 saturated heterocycles. The lowest BCUT2D eigenvalue weighted by Gasteiger charge is -2.20. The molecule has 118 valence electrons. The van der Waals surface area contributed by atoms with E-state index in [4.69, 9.17) is 0 Å². The van der Waals surface area contributed by atoms with Crippen molar-refractivity contribution in [2.24, 2.45) is 0 Å². The number of hydrogen-bond donors (Lipinski definition) is 2. The monoisotopic (exact) mass is 316 g/mol. The fraction of sp³-hybridized carbons (Fsp3) is 0.294. The van der Waals surface area contributed by atoms with E-state index in [1.165, 1.54) is 12.3 Å². The molecule has 2 unspecified atom stereocenters. The van der Waals surface area contributed by atoms with Crippen LogP contribution in [0.3, 0.4) is 0 Å². The van der Waals surface area contributed by atoms with Crippen LogP contribution in [0.1, 0.15) is 52.6 Å². The number of aromatic nitrogens is 1. The molecule has 2 aliphatic carbocycles. The summed E-state index contributed by atoms with van der Waals surface area (Å²) in [6, 6.07) is 3.56. The summed E-state index contributed by atoms with van der Waals surface area (Å²) < 4.78 is 26.4. The average Bonchev–Trinajstić information content (AvgIpc) is 3.13. The molecule has 23 heavy (non-hydrogen) atoms. The first-order valence-corrected chi connectivity index (χ1v) is 7.52. The van der Waals surface area contributed by atoms with Crippen LogP contribution in [0, 0.1) is 11.6 Å². The Morgan fingerprint density at radius 3 is 2.61 bits per heavy atom. The summed E-state index contributed by atoms with van der Waals surface area (Å²) >= 11 is 0. The van der Waals surface area contributed by atoms with Gasteiger partial charge in [0.05, 0.1) is 5.56 Å². The van der Waals surface area contributed by atoms with Gasteiger partial charge >= 0.3 is 5.97 Å². The van der Waals surface area contributed by atoms with Crippen molar-refractivity contribution in [1.29, 1.82) is 0 Å². The van der Waals surface area contributed by atoms with Gasteiger partial charge in [-0.2, -0.15) is 0 Å². The van der Waals surface area contributed by atoms with Gasteiger partial charge in [0.15, 0.2) is 11.6 Å². The van der Waals surface area contributed by atoms with Gasteiger partial charge in [-0.15, -0.1) is 0 Å². The molecule has 2 aromatic rings. The molecule has 0 spiro atoms. The average molecular weight is 316 g/mol. The topological polar surface area (TPSA) is 62.2 Å². The van der Waals surface area contributed by atoms with Crippen molar-refractivity contribution in [3.63, 3.8) is 0 Å². The number of nitrogens with zero attached hydrogens (tertiary/aromatic N) is 1. The van der Waals surface area contributed by atoms with Crippen LogP contribution in [-0.2, 0) is 0 Å². The molecular formula is C17H14F2N2O2. The molecule has 2 bridgehead atoms. The van der Waals surface area contributed by atoms with Crippen molar-refractivity contribution in [2.75, 3.05) is 5.32 Å². The number of fused-ring (bicyclic) bond motifs is 5. The maximum Gasteiger partial charge on any atom is 0.337 e. The Morgan fingerprint density at radius 2 is 1.91 bits per heavy atom. The van der Waals surface area contributed by atoms with E-state index in [2.05, 4.69) is 10.3 Å². The number of rotatable bonds is 3. The molecule has 4 rings (SSSR count). The lowest BCUT2D eigenvalue weighted by Crippen LogP contribution is -2.12. The molecule has 2 aliphatic rings. The van der Waals surface area contributed by atoms with Gasteiger partial charge in [0.1, 0.15) is 5.82 Å². The highest BCUT2D eigenvalue weighted by Gasteiger charge is 2.41. The summed E-state index contributed by atoms with van der Waals surface area (Å²) in [5, 5.41) is 12.4. The first-order chi connectivity index (χ1) is 11.0. The van der Waals surface area contributed by atoms with Gasteiger partial charge in [0.25, 0.3) is 0 Å². The summed E-state index contributed by atoms with van der Waals surface area (Å²) in [6.45, 7) is 0. The highest BCUT2D eigenvalue weighted by Crippen LogP contribution is 2.56. The summed E-state index contributed by atoms with van der Waals surface area (Å²) in [5.74, 6) is -1.72. The third-order valence-corrected chi connectivity index (χ3v) is 4.82. The van der Waals surface area contributed by atoms with E-state index in [1.807, 2.05) is 0 Å². The van der Waals surface area contributed by atoms with Crippen LogP contribution in [-0.4, -0.2) is 16.1 Å². The van der Waals surface area contributed by atoms with Crippen LogP contribution in [0.2, 0.25) is 0 Å². The van der Waals surface area contributed by atoms with Crippen molar-refractivity contribution in [1.82, 2.24) is 4.98 Å². The van der Waals surface area contributed by atoms with E-state index in [0.717, 1.165) is 42.5 Å². The predicted molar refractivity (Wildman–Crippen MR) is 80.2 cm³/mol. The molecule has 1 heterocycles. The smallest absolute Gasteiger partial charge is 0.337 e. The predicted octanol–water partition coefficient (Wildman–Crippen LogP) is 4.17. The minimum atomic E-state index is -0.972. The number of pyridine rings is 1. The summed E-state index contributed by atoms with van der Waals surface area (Å²) in [7, 11) is 0. The molecule has 1 aromatic heterocycles. The number of benzene rings is 1. The van der Waals surface area contributed by atoms with Gasteiger partial charge in [0, 0.05) is 23.5 Å². The second kappa shape index (κ2) is 5.01. The van der Waals surface area contributed by atoms with Crippen LogP contribution in [0.5, 0.6) is 0 Å². The molecule has 1 aromatic carbocycles. The van der Waals surface area contributed by atoms with Gasteiger partial charge < -0.3 is 10.4 Å². The molecule has 0 radical (unpaired) electrons. The number of carboxylic acid groups (broad SMARTS) is 1. The number of aromatic carboxylic acids is 1. The van der Waals surface area contributed by atoms with E-state index < -0.39 is 17.6 Å². The van der Waals surface area contributed by atoms with Crippen molar-refractivity contribution in [2.45, 2.75) is 31.1 Å². The summed E-state index contributed by atoms with van der Waals surface area (Å²) in [5.41, 5.74) is 2.42. The van der Waals surface area contributed by atoms with Crippen LogP contribution in [0.25, 0.3) is 0 Å². The van der Waals surface area contributed by atoms with Crippen molar-refractivity contribution in [3.05, 3.63) is 52.7 Å². The lowest BCUT2D eigenvalue weighted by molar-refractivity contribution is 0.0694. The summed E-state index contributed by atoms with van der Waals surface area (Å²) in [6.07, 6.45) is 4.29. The third-order valence-electron chi connectivity index (χ3n) is 4.82. The number of anilines is 2. The Hall–Kier alpha value is -2.50. The van der Waals surface area contributed by atoms with E-state index >= 15 is 0 Å². The molecule has 4 nitrogen and oxygen atoms in total. The minimum absolute atomic E-state index is 0.253. The first-order valence-electron chi connectivity index (χ1n) is 7.52. The maximum atomic E-state index is 13.4. The summed E-state index contributed by atoms with van der Waals surface area (Å²) in [4.78, 5) is 15.7. The SMILES string of the molecule is O=C(O)c1cnc(Nc2ccc(F)c(F)c2)c2c1C1CCC2C1. The van der Waals surface area contributed by atoms with E-state index in [-0.39, 0.29) is 17.4 Å². The van der Waals surface area contributed by atoms with Gasteiger partial charge in [-0.05, 0) is 48.8 Å². The van der Waals surface area contributed by atoms with Crippen LogP contribution in [0.15, 0.2) is 24.4 Å². The molecule has 2 N–H and O–H groups in total.